The van der Waals surface area contributed by atoms with Crippen molar-refractivity contribution in [3.05, 3.63) is 46.9 Å². The molecule has 0 bridgehead atoms. The van der Waals surface area contributed by atoms with Gasteiger partial charge in [0.2, 0.25) is 0 Å². The number of pyridine rings is 2. The lowest BCUT2D eigenvalue weighted by Gasteiger charge is -2.09. The molecule has 0 unspecified atom stereocenters. The first-order chi connectivity index (χ1) is 10.1. The summed E-state index contributed by atoms with van der Waals surface area (Å²) in [7, 11) is 0. The summed E-state index contributed by atoms with van der Waals surface area (Å²) in [5.41, 5.74) is 2.08. The first-order valence-electron chi connectivity index (χ1n) is 6.73. The summed E-state index contributed by atoms with van der Waals surface area (Å²) in [6.07, 6.45) is 4.29. The molecule has 2 aromatic heterocycles. The maximum absolute atomic E-state index is 12.3. The predicted octanol–water partition coefficient (Wildman–Crippen LogP) is 3.51. The van der Waals surface area contributed by atoms with Crippen molar-refractivity contribution in [1.29, 1.82) is 0 Å². The number of aromatic nitrogens is 2. The minimum atomic E-state index is -0.244. The van der Waals surface area contributed by atoms with E-state index in [9.17, 15) is 4.79 Å². The molecule has 0 saturated heterocycles. The number of aryl methyl sites for hydroxylation is 1. The number of nitrogens with one attached hydrogen (secondary N) is 2. The Balaban J connectivity index is 2.16. The quantitative estimate of drug-likeness (QED) is 0.830. The summed E-state index contributed by atoms with van der Waals surface area (Å²) in [5, 5.41) is 6.19. The maximum Gasteiger partial charge on any atom is 0.255 e. The average molecular weight is 305 g/mol. The first-order valence-corrected chi connectivity index (χ1v) is 7.10. The molecule has 0 aromatic carbocycles. The van der Waals surface area contributed by atoms with E-state index in [0.717, 1.165) is 18.5 Å². The van der Waals surface area contributed by atoms with Crippen LogP contribution in [0, 0.1) is 6.92 Å². The topological polar surface area (TPSA) is 66.9 Å². The molecule has 21 heavy (non-hydrogen) atoms. The lowest BCUT2D eigenvalue weighted by Crippen LogP contribution is -2.13. The van der Waals surface area contributed by atoms with Crippen molar-refractivity contribution in [1.82, 2.24) is 9.97 Å². The van der Waals surface area contributed by atoms with Crippen molar-refractivity contribution < 1.29 is 4.79 Å². The molecule has 0 aliphatic rings. The van der Waals surface area contributed by atoms with Gasteiger partial charge in [-0.25, -0.2) is 4.98 Å². The van der Waals surface area contributed by atoms with Crippen molar-refractivity contribution in [3.63, 3.8) is 0 Å². The standard InChI is InChI=1S/C15H17ClN4O/c1-3-4-18-14-7-11(6-13(16)20-14)15(21)19-12-5-10(2)8-17-9-12/h5-9H,3-4H2,1-2H3,(H,18,20)(H,19,21). The highest BCUT2D eigenvalue weighted by molar-refractivity contribution is 6.30. The van der Waals surface area contributed by atoms with E-state index in [1.807, 2.05) is 13.0 Å². The van der Waals surface area contributed by atoms with Crippen LogP contribution < -0.4 is 10.6 Å². The molecular weight excluding hydrogens is 288 g/mol. The molecule has 0 spiro atoms. The molecule has 5 nitrogen and oxygen atoms in total. The van der Waals surface area contributed by atoms with Crippen LogP contribution in [0.25, 0.3) is 0 Å². The average Bonchev–Trinajstić information content (AvgIpc) is 2.44. The van der Waals surface area contributed by atoms with Gasteiger partial charge in [0, 0.05) is 18.3 Å². The zero-order valence-electron chi connectivity index (χ0n) is 12.0. The zero-order valence-corrected chi connectivity index (χ0v) is 12.7. The van der Waals surface area contributed by atoms with Crippen LogP contribution in [-0.4, -0.2) is 22.4 Å². The summed E-state index contributed by atoms with van der Waals surface area (Å²) in [4.78, 5) is 20.4. The molecule has 0 aliphatic carbocycles. The number of anilines is 2. The Hall–Kier alpha value is -2.14. The maximum atomic E-state index is 12.3. The van der Waals surface area contributed by atoms with Crippen molar-refractivity contribution >= 4 is 29.0 Å². The van der Waals surface area contributed by atoms with Crippen LogP contribution in [0.15, 0.2) is 30.6 Å². The Labute approximate surface area is 128 Å². The number of rotatable bonds is 5. The normalized spacial score (nSPS) is 10.2. The Bertz CT molecular complexity index is 645. The summed E-state index contributed by atoms with van der Waals surface area (Å²) >= 11 is 5.96. The molecular formula is C15H17ClN4O. The van der Waals surface area contributed by atoms with Gasteiger partial charge < -0.3 is 10.6 Å². The van der Waals surface area contributed by atoms with Gasteiger partial charge in [0.15, 0.2) is 0 Å². The Morgan fingerprint density at radius 1 is 1.29 bits per heavy atom. The number of amides is 1. The number of nitrogens with zero attached hydrogens (tertiary/aromatic N) is 2. The van der Waals surface area contributed by atoms with Crippen LogP contribution in [0.1, 0.15) is 29.3 Å². The van der Waals surface area contributed by atoms with E-state index in [0.29, 0.717) is 17.1 Å². The molecule has 6 heteroatoms. The summed E-state index contributed by atoms with van der Waals surface area (Å²) in [6, 6.07) is 5.07. The van der Waals surface area contributed by atoms with Gasteiger partial charge in [0.25, 0.3) is 5.91 Å². The summed E-state index contributed by atoms with van der Waals surface area (Å²) in [5.74, 6) is 0.350. The predicted molar refractivity (Wildman–Crippen MR) is 85.0 cm³/mol. The summed E-state index contributed by atoms with van der Waals surface area (Å²) < 4.78 is 0. The van der Waals surface area contributed by atoms with Gasteiger partial charge >= 0.3 is 0 Å². The van der Waals surface area contributed by atoms with E-state index >= 15 is 0 Å². The van der Waals surface area contributed by atoms with Gasteiger partial charge in [0.05, 0.1) is 11.9 Å². The molecule has 2 aromatic rings. The molecule has 0 aliphatic heterocycles. The van der Waals surface area contributed by atoms with E-state index < -0.39 is 0 Å². The lowest BCUT2D eigenvalue weighted by atomic mass is 10.2. The third-order valence-corrected chi connectivity index (χ3v) is 2.94. The molecule has 0 radical (unpaired) electrons. The van der Waals surface area contributed by atoms with Gasteiger partial charge in [-0.05, 0) is 37.1 Å². The lowest BCUT2D eigenvalue weighted by molar-refractivity contribution is 0.102. The van der Waals surface area contributed by atoms with Crippen molar-refractivity contribution in [2.24, 2.45) is 0 Å². The van der Waals surface area contributed by atoms with Crippen molar-refractivity contribution in [3.8, 4) is 0 Å². The van der Waals surface area contributed by atoms with Crippen LogP contribution >= 0.6 is 11.6 Å². The first kappa shape index (κ1) is 15.3. The molecule has 2 N–H and O–H groups in total. The van der Waals surface area contributed by atoms with Crippen molar-refractivity contribution in [2.75, 3.05) is 17.2 Å². The second-order valence-corrected chi connectivity index (χ2v) is 5.08. The molecule has 0 saturated carbocycles. The minimum absolute atomic E-state index is 0.244. The monoisotopic (exact) mass is 304 g/mol. The van der Waals surface area contributed by atoms with Crippen LogP contribution in [0.4, 0.5) is 11.5 Å². The Morgan fingerprint density at radius 2 is 2.10 bits per heavy atom. The van der Waals surface area contributed by atoms with E-state index in [1.54, 1.807) is 18.5 Å². The van der Waals surface area contributed by atoms with E-state index in [2.05, 4.69) is 27.5 Å². The fraction of sp³-hybridized carbons (Fsp3) is 0.267. The Kier molecular flexibility index (Phi) is 5.11. The van der Waals surface area contributed by atoms with Gasteiger partial charge in [-0.2, -0.15) is 0 Å². The van der Waals surface area contributed by atoms with Gasteiger partial charge in [-0.1, -0.05) is 18.5 Å². The smallest absolute Gasteiger partial charge is 0.255 e. The minimum Gasteiger partial charge on any atom is -0.370 e. The molecule has 1 amide bonds. The number of carbonyl (C=O) groups excluding carboxylic acids is 1. The SMILES string of the molecule is CCCNc1cc(C(=O)Nc2cncc(C)c2)cc(Cl)n1. The van der Waals surface area contributed by atoms with E-state index in [4.69, 9.17) is 11.6 Å². The Morgan fingerprint density at radius 3 is 2.81 bits per heavy atom. The van der Waals surface area contributed by atoms with Gasteiger partial charge in [0.1, 0.15) is 11.0 Å². The van der Waals surface area contributed by atoms with Crippen LogP contribution in [0.3, 0.4) is 0 Å². The molecule has 2 heterocycles. The van der Waals surface area contributed by atoms with Crippen LogP contribution in [0.5, 0.6) is 0 Å². The third kappa shape index (κ3) is 4.43. The molecule has 2 rings (SSSR count). The second-order valence-electron chi connectivity index (χ2n) is 4.70. The number of hydrogen-bond donors (Lipinski definition) is 2. The largest absolute Gasteiger partial charge is 0.370 e. The molecule has 110 valence electrons. The van der Waals surface area contributed by atoms with E-state index in [1.165, 1.54) is 6.07 Å². The number of carbonyl (C=O) groups is 1. The van der Waals surface area contributed by atoms with Gasteiger partial charge in [-0.15, -0.1) is 0 Å². The van der Waals surface area contributed by atoms with Crippen LogP contribution in [0.2, 0.25) is 5.15 Å². The zero-order chi connectivity index (χ0) is 15.2. The van der Waals surface area contributed by atoms with Crippen LogP contribution in [-0.2, 0) is 0 Å². The summed E-state index contributed by atoms with van der Waals surface area (Å²) in [6.45, 7) is 4.74. The second kappa shape index (κ2) is 7.04. The third-order valence-electron chi connectivity index (χ3n) is 2.75. The molecule has 0 atom stereocenters. The number of halogens is 1. The fourth-order valence-electron chi connectivity index (χ4n) is 1.80. The number of hydrogen-bond acceptors (Lipinski definition) is 4. The van der Waals surface area contributed by atoms with Crippen molar-refractivity contribution in [2.45, 2.75) is 20.3 Å². The highest BCUT2D eigenvalue weighted by Crippen LogP contribution is 2.16. The highest BCUT2D eigenvalue weighted by Gasteiger charge is 2.10. The fourth-order valence-corrected chi connectivity index (χ4v) is 2.01. The van der Waals surface area contributed by atoms with Gasteiger partial charge in [-0.3, -0.25) is 9.78 Å². The highest BCUT2D eigenvalue weighted by atomic mass is 35.5. The van der Waals surface area contributed by atoms with E-state index in [-0.39, 0.29) is 11.1 Å². The molecule has 0 fully saturated rings.